The number of methoxy groups -OCH3 is 1. The number of ether oxygens (including phenoxy) is 2. The van der Waals surface area contributed by atoms with E-state index in [-0.39, 0.29) is 24.7 Å². The van der Waals surface area contributed by atoms with Crippen molar-refractivity contribution in [3.63, 3.8) is 0 Å². The molecule has 0 radical (unpaired) electrons. The molecular weight excluding hydrogens is 406 g/mol. The highest BCUT2D eigenvalue weighted by atomic mass is 16.5. The van der Waals surface area contributed by atoms with Gasteiger partial charge in [-0.05, 0) is 42.8 Å². The third-order valence-electron chi connectivity index (χ3n) is 4.99. The number of hydrogen-bond donors (Lipinski definition) is 1. The fourth-order valence-corrected chi connectivity index (χ4v) is 3.26. The highest BCUT2D eigenvalue weighted by Crippen LogP contribution is 2.23. The molecule has 0 bridgehead atoms. The van der Waals surface area contributed by atoms with Crippen LogP contribution in [-0.4, -0.2) is 24.8 Å². The van der Waals surface area contributed by atoms with Crippen LogP contribution in [0.4, 0.5) is 0 Å². The molecule has 0 saturated carbocycles. The minimum absolute atomic E-state index is 0.0443. The van der Waals surface area contributed by atoms with Crippen molar-refractivity contribution in [1.82, 2.24) is 5.32 Å². The first-order valence-corrected chi connectivity index (χ1v) is 10.2. The first kappa shape index (κ1) is 22.7. The van der Waals surface area contributed by atoms with Gasteiger partial charge in [0.05, 0.1) is 19.6 Å². The van der Waals surface area contributed by atoms with Crippen LogP contribution in [0.1, 0.15) is 51.2 Å². The van der Waals surface area contributed by atoms with Gasteiger partial charge in [0.2, 0.25) is 0 Å². The van der Waals surface area contributed by atoms with Crippen molar-refractivity contribution in [2.75, 3.05) is 7.11 Å². The predicted octanol–water partition coefficient (Wildman–Crippen LogP) is 4.50. The third-order valence-corrected chi connectivity index (χ3v) is 4.99. The van der Waals surface area contributed by atoms with Gasteiger partial charge in [0, 0.05) is 16.7 Å². The number of benzene rings is 3. The summed E-state index contributed by atoms with van der Waals surface area (Å²) in [4.78, 5) is 37.0. The van der Waals surface area contributed by atoms with E-state index < -0.39 is 12.0 Å². The summed E-state index contributed by atoms with van der Waals surface area (Å²) in [6, 6.07) is 22.5. The molecule has 0 aliphatic carbocycles. The molecule has 0 aliphatic rings. The minimum Gasteiger partial charge on any atom is -0.496 e. The Hall–Kier alpha value is -3.93. The van der Waals surface area contributed by atoms with E-state index in [1.807, 2.05) is 36.4 Å². The second kappa shape index (κ2) is 10.9. The van der Waals surface area contributed by atoms with E-state index in [1.54, 1.807) is 42.5 Å². The first-order valence-electron chi connectivity index (χ1n) is 10.2. The van der Waals surface area contributed by atoms with Crippen LogP contribution in [0.5, 0.6) is 5.75 Å². The maximum atomic E-state index is 12.7. The minimum atomic E-state index is -0.554. The van der Waals surface area contributed by atoms with Gasteiger partial charge in [-0.1, -0.05) is 48.5 Å². The number of esters is 1. The maximum absolute atomic E-state index is 12.7. The molecule has 3 aromatic carbocycles. The summed E-state index contributed by atoms with van der Waals surface area (Å²) in [5.41, 5.74) is 2.41. The fourth-order valence-electron chi connectivity index (χ4n) is 3.26. The van der Waals surface area contributed by atoms with Gasteiger partial charge in [-0.3, -0.25) is 14.4 Å². The van der Waals surface area contributed by atoms with Gasteiger partial charge in [-0.2, -0.15) is 0 Å². The summed E-state index contributed by atoms with van der Waals surface area (Å²) in [7, 11) is 1.51. The van der Waals surface area contributed by atoms with Gasteiger partial charge in [0.15, 0.2) is 5.78 Å². The Bertz CT molecular complexity index is 1080. The highest BCUT2D eigenvalue weighted by Gasteiger charge is 2.20. The zero-order chi connectivity index (χ0) is 22.9. The molecule has 0 heterocycles. The molecule has 0 aromatic heterocycles. The number of amides is 1. The number of carbonyl (C=O) groups is 3. The first-order chi connectivity index (χ1) is 15.5. The lowest BCUT2D eigenvalue weighted by Gasteiger charge is -2.19. The summed E-state index contributed by atoms with van der Waals surface area (Å²) in [5.74, 6) is -0.321. The summed E-state index contributed by atoms with van der Waals surface area (Å²) in [6.45, 7) is 1.43. The molecule has 3 rings (SSSR count). The van der Waals surface area contributed by atoms with Crippen LogP contribution in [0, 0.1) is 0 Å². The van der Waals surface area contributed by atoms with E-state index in [1.165, 1.54) is 14.0 Å². The molecule has 1 N–H and O–H groups in total. The van der Waals surface area contributed by atoms with Gasteiger partial charge >= 0.3 is 5.97 Å². The average molecular weight is 431 g/mol. The van der Waals surface area contributed by atoms with Crippen LogP contribution >= 0.6 is 0 Å². The molecule has 0 aliphatic heterocycles. The summed E-state index contributed by atoms with van der Waals surface area (Å²) >= 11 is 0. The van der Waals surface area contributed by atoms with Gasteiger partial charge in [-0.15, -0.1) is 0 Å². The standard InChI is InChI=1S/C26H25NO5/c1-18(28)21-13-14-24(31-2)22(15-21)17-32-25(29)16-23(19-9-5-3-6-10-19)27-26(30)20-11-7-4-8-12-20/h3-15,23H,16-17H2,1-2H3,(H,27,30). The SMILES string of the molecule is COc1ccc(C(C)=O)cc1COC(=O)CC(NC(=O)c1ccccc1)c1ccccc1. The maximum Gasteiger partial charge on any atom is 0.308 e. The molecule has 1 atom stereocenters. The summed E-state index contributed by atoms with van der Waals surface area (Å²) < 4.78 is 10.8. The molecule has 0 spiro atoms. The van der Waals surface area contributed by atoms with Crippen molar-refractivity contribution in [2.24, 2.45) is 0 Å². The third kappa shape index (κ3) is 6.04. The molecule has 6 heteroatoms. The van der Waals surface area contributed by atoms with Crippen molar-refractivity contribution in [3.8, 4) is 5.75 Å². The summed E-state index contributed by atoms with van der Waals surface area (Å²) in [6.07, 6.45) is -0.0443. The van der Waals surface area contributed by atoms with Crippen molar-refractivity contribution >= 4 is 17.7 Å². The van der Waals surface area contributed by atoms with Crippen LogP contribution < -0.4 is 10.1 Å². The molecule has 1 amide bonds. The number of Topliss-reactive ketones (excluding diaryl/α,β-unsaturated/α-hetero) is 1. The Balaban J connectivity index is 1.71. The lowest BCUT2D eigenvalue weighted by molar-refractivity contribution is -0.145. The van der Waals surface area contributed by atoms with Gasteiger partial charge < -0.3 is 14.8 Å². The van der Waals surface area contributed by atoms with Crippen molar-refractivity contribution in [3.05, 3.63) is 101 Å². The van der Waals surface area contributed by atoms with Crippen LogP contribution in [-0.2, 0) is 16.1 Å². The normalized spacial score (nSPS) is 11.3. The van der Waals surface area contributed by atoms with Crippen LogP contribution in [0.15, 0.2) is 78.9 Å². The fraction of sp³-hybridized carbons (Fsp3) is 0.192. The molecule has 3 aromatic rings. The second-order valence-corrected chi connectivity index (χ2v) is 7.25. The van der Waals surface area contributed by atoms with E-state index >= 15 is 0 Å². The molecule has 164 valence electrons. The van der Waals surface area contributed by atoms with Crippen molar-refractivity contribution in [1.29, 1.82) is 0 Å². The van der Waals surface area contributed by atoms with Crippen LogP contribution in [0.25, 0.3) is 0 Å². The van der Waals surface area contributed by atoms with E-state index in [0.717, 1.165) is 5.56 Å². The Morgan fingerprint density at radius 2 is 1.53 bits per heavy atom. The monoisotopic (exact) mass is 431 g/mol. The van der Waals surface area contributed by atoms with Crippen molar-refractivity contribution < 1.29 is 23.9 Å². The Morgan fingerprint density at radius 1 is 0.875 bits per heavy atom. The smallest absolute Gasteiger partial charge is 0.308 e. The number of ketones is 1. The molecule has 6 nitrogen and oxygen atoms in total. The van der Waals surface area contributed by atoms with Crippen molar-refractivity contribution in [2.45, 2.75) is 26.0 Å². The van der Waals surface area contributed by atoms with Gasteiger partial charge in [-0.25, -0.2) is 0 Å². The molecule has 0 fully saturated rings. The number of nitrogens with one attached hydrogen (secondary N) is 1. The zero-order valence-electron chi connectivity index (χ0n) is 18.0. The largest absolute Gasteiger partial charge is 0.496 e. The van der Waals surface area contributed by atoms with Gasteiger partial charge in [0.25, 0.3) is 5.91 Å². The quantitative estimate of drug-likeness (QED) is 0.398. The molecule has 32 heavy (non-hydrogen) atoms. The van der Waals surface area contributed by atoms with Crippen LogP contribution in [0.3, 0.4) is 0 Å². The van der Waals surface area contributed by atoms with E-state index in [4.69, 9.17) is 9.47 Å². The van der Waals surface area contributed by atoms with E-state index in [9.17, 15) is 14.4 Å². The zero-order valence-corrected chi connectivity index (χ0v) is 18.0. The van der Waals surface area contributed by atoms with Crippen LogP contribution in [0.2, 0.25) is 0 Å². The van der Waals surface area contributed by atoms with Gasteiger partial charge in [0.1, 0.15) is 12.4 Å². The molecule has 1 unspecified atom stereocenters. The Kier molecular flexibility index (Phi) is 7.75. The lowest BCUT2D eigenvalue weighted by atomic mass is 10.0. The second-order valence-electron chi connectivity index (χ2n) is 7.25. The molecule has 0 saturated heterocycles. The topological polar surface area (TPSA) is 81.7 Å². The average Bonchev–Trinajstić information content (AvgIpc) is 2.83. The number of carbonyl (C=O) groups excluding carboxylic acids is 3. The predicted molar refractivity (Wildman–Crippen MR) is 121 cm³/mol. The summed E-state index contributed by atoms with van der Waals surface area (Å²) in [5, 5.41) is 2.92. The highest BCUT2D eigenvalue weighted by molar-refractivity contribution is 5.95. The molecular formula is C26H25NO5. The van der Waals surface area contributed by atoms with E-state index in [2.05, 4.69) is 5.32 Å². The number of hydrogen-bond acceptors (Lipinski definition) is 5. The Morgan fingerprint density at radius 3 is 2.16 bits per heavy atom. The lowest BCUT2D eigenvalue weighted by Crippen LogP contribution is -2.30. The van der Waals surface area contributed by atoms with E-state index in [0.29, 0.717) is 22.4 Å². The number of rotatable bonds is 9. The Labute approximate surface area is 187 Å².